The Morgan fingerprint density at radius 1 is 1.12 bits per heavy atom. The molecule has 9 heteroatoms. The molecular weight excluding hydrogens is 316 g/mol. The fraction of sp³-hybridized carbons (Fsp3) is 0.200. The van der Waals surface area contributed by atoms with Crippen molar-refractivity contribution in [3.63, 3.8) is 0 Å². The Bertz CT molecular complexity index is 871. The smallest absolute Gasteiger partial charge is 0.327 e. The molecule has 24 heavy (non-hydrogen) atoms. The average molecular weight is 330 g/mol. The van der Waals surface area contributed by atoms with Gasteiger partial charge < -0.3 is 10.1 Å². The van der Waals surface area contributed by atoms with Gasteiger partial charge in [-0.3, -0.25) is 24.4 Å². The van der Waals surface area contributed by atoms with Crippen LogP contribution in [0.3, 0.4) is 0 Å². The first-order valence-electron chi connectivity index (χ1n) is 7.09. The number of imide groups is 1. The maximum atomic E-state index is 12.5. The van der Waals surface area contributed by atoms with Crippen molar-refractivity contribution in [2.75, 3.05) is 17.3 Å². The number of benzene rings is 1. The molecule has 1 aromatic carbocycles. The number of hydrogen-bond acceptors (Lipinski definition) is 6. The molecule has 0 aliphatic carbocycles. The van der Waals surface area contributed by atoms with Crippen molar-refractivity contribution in [3.05, 3.63) is 51.2 Å². The lowest BCUT2D eigenvalue weighted by molar-refractivity contribution is -0.121. The third-order valence-corrected chi connectivity index (χ3v) is 3.57. The largest absolute Gasteiger partial charge is 0.497 e. The molecule has 2 aromatic rings. The zero-order valence-electron chi connectivity index (χ0n) is 12.7. The molecule has 2 heterocycles. The first-order valence-corrected chi connectivity index (χ1v) is 7.09. The summed E-state index contributed by atoms with van der Waals surface area (Å²) in [6, 6.07) is 6.74. The number of hydrogen-bond donors (Lipinski definition) is 3. The third-order valence-electron chi connectivity index (χ3n) is 3.57. The number of anilines is 2. The van der Waals surface area contributed by atoms with Crippen LogP contribution < -0.4 is 26.2 Å². The number of amides is 2. The zero-order chi connectivity index (χ0) is 17.3. The van der Waals surface area contributed by atoms with Gasteiger partial charge in [0.05, 0.1) is 19.2 Å². The lowest BCUT2D eigenvalue weighted by Gasteiger charge is -2.16. The van der Waals surface area contributed by atoms with E-state index in [-0.39, 0.29) is 18.1 Å². The number of H-pyrrole nitrogens is 2. The van der Waals surface area contributed by atoms with Crippen molar-refractivity contribution in [2.24, 2.45) is 0 Å². The standard InChI is InChI=1S/C15H14N4O5/c1-24-9-4-2-8(3-5-9)19-13(21)6-10(14(19)22)16-11-7-12(20)18-15(23)17-11/h2-5,7,10H,6H2,1H3,(H3,16,17,18,20,23)/t10-/m0/s1. The number of rotatable bonds is 4. The Morgan fingerprint density at radius 2 is 1.83 bits per heavy atom. The van der Waals surface area contributed by atoms with E-state index in [2.05, 4.69) is 10.3 Å². The summed E-state index contributed by atoms with van der Waals surface area (Å²) in [5, 5.41) is 2.71. The summed E-state index contributed by atoms with van der Waals surface area (Å²) in [6.45, 7) is 0. The van der Waals surface area contributed by atoms with E-state index in [9.17, 15) is 19.2 Å². The van der Waals surface area contributed by atoms with E-state index < -0.39 is 23.2 Å². The summed E-state index contributed by atoms with van der Waals surface area (Å²) in [4.78, 5) is 52.6. The van der Waals surface area contributed by atoms with Gasteiger partial charge in [0.15, 0.2) is 0 Å². The molecule has 1 aliphatic rings. The van der Waals surface area contributed by atoms with Gasteiger partial charge in [-0.2, -0.15) is 0 Å². The minimum Gasteiger partial charge on any atom is -0.497 e. The van der Waals surface area contributed by atoms with E-state index in [4.69, 9.17) is 4.74 Å². The maximum Gasteiger partial charge on any atom is 0.327 e. The molecular formula is C15H14N4O5. The van der Waals surface area contributed by atoms with Crippen LogP contribution in [0.2, 0.25) is 0 Å². The second-order valence-electron chi connectivity index (χ2n) is 5.17. The Morgan fingerprint density at radius 3 is 2.46 bits per heavy atom. The van der Waals surface area contributed by atoms with Crippen LogP contribution in [-0.2, 0) is 9.59 Å². The number of aromatic amines is 2. The molecule has 1 atom stereocenters. The minimum absolute atomic E-state index is 0.0754. The molecule has 0 bridgehead atoms. The van der Waals surface area contributed by atoms with Crippen LogP contribution in [0.15, 0.2) is 39.9 Å². The fourth-order valence-electron chi connectivity index (χ4n) is 2.48. The van der Waals surface area contributed by atoms with E-state index in [1.54, 1.807) is 24.3 Å². The highest BCUT2D eigenvalue weighted by Crippen LogP contribution is 2.26. The molecule has 1 saturated heterocycles. The van der Waals surface area contributed by atoms with Crippen molar-refractivity contribution in [1.29, 1.82) is 0 Å². The first-order chi connectivity index (χ1) is 11.5. The van der Waals surface area contributed by atoms with E-state index >= 15 is 0 Å². The van der Waals surface area contributed by atoms with Gasteiger partial charge >= 0.3 is 5.69 Å². The fourth-order valence-corrected chi connectivity index (χ4v) is 2.48. The van der Waals surface area contributed by atoms with Crippen LogP contribution in [0, 0.1) is 0 Å². The van der Waals surface area contributed by atoms with Gasteiger partial charge in [-0.25, -0.2) is 9.69 Å². The molecule has 2 amide bonds. The van der Waals surface area contributed by atoms with Crippen LogP contribution in [0.5, 0.6) is 5.75 Å². The molecule has 124 valence electrons. The van der Waals surface area contributed by atoms with Gasteiger partial charge in [-0.05, 0) is 24.3 Å². The summed E-state index contributed by atoms with van der Waals surface area (Å²) >= 11 is 0. The van der Waals surface area contributed by atoms with Gasteiger partial charge in [0.2, 0.25) is 5.91 Å². The van der Waals surface area contributed by atoms with Gasteiger partial charge in [-0.1, -0.05) is 0 Å². The molecule has 9 nitrogen and oxygen atoms in total. The summed E-state index contributed by atoms with van der Waals surface area (Å²) in [7, 11) is 1.52. The highest BCUT2D eigenvalue weighted by molar-refractivity contribution is 6.23. The van der Waals surface area contributed by atoms with Crippen molar-refractivity contribution >= 4 is 23.3 Å². The van der Waals surface area contributed by atoms with E-state index in [1.165, 1.54) is 7.11 Å². The van der Waals surface area contributed by atoms with E-state index in [0.717, 1.165) is 11.0 Å². The molecule has 0 radical (unpaired) electrons. The predicted molar refractivity (Wildman–Crippen MR) is 85.2 cm³/mol. The normalized spacial score (nSPS) is 17.2. The van der Waals surface area contributed by atoms with Crippen molar-refractivity contribution in [3.8, 4) is 5.75 Å². The van der Waals surface area contributed by atoms with E-state index in [1.807, 2.05) is 4.98 Å². The second-order valence-corrected chi connectivity index (χ2v) is 5.17. The molecule has 1 aromatic heterocycles. The molecule has 0 saturated carbocycles. The highest BCUT2D eigenvalue weighted by Gasteiger charge is 2.39. The van der Waals surface area contributed by atoms with Crippen LogP contribution in [0.25, 0.3) is 0 Å². The number of nitrogens with one attached hydrogen (secondary N) is 3. The van der Waals surface area contributed by atoms with Gasteiger partial charge in [0.25, 0.3) is 11.5 Å². The lowest BCUT2D eigenvalue weighted by atomic mass is 10.2. The predicted octanol–water partition coefficient (Wildman–Crippen LogP) is -0.184. The number of nitrogens with zero attached hydrogens (tertiary/aromatic N) is 1. The Kier molecular flexibility index (Phi) is 3.90. The SMILES string of the molecule is COc1ccc(N2C(=O)C[C@H](Nc3cc(=O)[nH]c(=O)[nH]3)C2=O)cc1. The summed E-state index contributed by atoms with van der Waals surface area (Å²) in [5.74, 6) is -0.166. The van der Waals surface area contributed by atoms with Crippen LogP contribution >= 0.6 is 0 Å². The topological polar surface area (TPSA) is 124 Å². The van der Waals surface area contributed by atoms with Crippen LogP contribution in [0.4, 0.5) is 11.5 Å². The molecule has 3 N–H and O–H groups in total. The quantitative estimate of drug-likeness (QED) is 0.668. The number of ether oxygens (including phenoxy) is 1. The molecule has 3 rings (SSSR count). The summed E-state index contributed by atoms with van der Waals surface area (Å²) < 4.78 is 5.04. The monoisotopic (exact) mass is 330 g/mol. The van der Waals surface area contributed by atoms with E-state index in [0.29, 0.717) is 11.4 Å². The average Bonchev–Trinajstić information content (AvgIpc) is 2.80. The first kappa shape index (κ1) is 15.5. The second kappa shape index (κ2) is 6.03. The maximum absolute atomic E-state index is 12.5. The Labute approximate surface area is 135 Å². The van der Waals surface area contributed by atoms with Gasteiger partial charge in [-0.15, -0.1) is 0 Å². The molecule has 0 unspecified atom stereocenters. The van der Waals surface area contributed by atoms with Gasteiger partial charge in [0, 0.05) is 6.07 Å². The number of carbonyl (C=O) groups is 2. The Balaban J connectivity index is 1.83. The van der Waals surface area contributed by atoms with Crippen molar-refractivity contribution in [1.82, 2.24) is 9.97 Å². The highest BCUT2D eigenvalue weighted by atomic mass is 16.5. The van der Waals surface area contributed by atoms with Crippen molar-refractivity contribution in [2.45, 2.75) is 12.5 Å². The van der Waals surface area contributed by atoms with Gasteiger partial charge in [0.1, 0.15) is 17.6 Å². The molecule has 1 aliphatic heterocycles. The minimum atomic E-state index is -0.864. The summed E-state index contributed by atoms with van der Waals surface area (Å²) in [6.07, 6.45) is -0.0836. The third kappa shape index (κ3) is 2.91. The lowest BCUT2D eigenvalue weighted by Crippen LogP contribution is -2.35. The number of aromatic nitrogens is 2. The zero-order valence-corrected chi connectivity index (χ0v) is 12.7. The number of carbonyl (C=O) groups excluding carboxylic acids is 2. The molecule has 0 spiro atoms. The summed E-state index contributed by atoms with van der Waals surface area (Å²) in [5.41, 5.74) is -0.881. The van der Waals surface area contributed by atoms with Crippen LogP contribution in [-0.4, -0.2) is 34.9 Å². The molecule has 1 fully saturated rings. The Hall–Kier alpha value is -3.36. The van der Waals surface area contributed by atoms with Crippen molar-refractivity contribution < 1.29 is 14.3 Å². The number of methoxy groups -OCH3 is 1. The van der Waals surface area contributed by atoms with Crippen LogP contribution in [0.1, 0.15) is 6.42 Å².